The van der Waals surface area contributed by atoms with Crippen molar-refractivity contribution in [1.82, 2.24) is 14.9 Å². The van der Waals surface area contributed by atoms with Gasteiger partial charge in [-0.05, 0) is 18.2 Å². The number of benzene rings is 1. The second kappa shape index (κ2) is 6.30. The van der Waals surface area contributed by atoms with Crippen LogP contribution in [-0.4, -0.2) is 27.8 Å². The molecule has 0 N–H and O–H groups in total. The summed E-state index contributed by atoms with van der Waals surface area (Å²) in [6.07, 6.45) is 1.58. The number of rotatable bonds is 3. The molecule has 0 aliphatic carbocycles. The van der Waals surface area contributed by atoms with Crippen LogP contribution in [0.2, 0.25) is 5.15 Å². The summed E-state index contributed by atoms with van der Waals surface area (Å²) < 4.78 is 13.8. The fourth-order valence-corrected chi connectivity index (χ4v) is 2.47. The van der Waals surface area contributed by atoms with Gasteiger partial charge in [0.15, 0.2) is 0 Å². The molecule has 2 aromatic heterocycles. The summed E-state index contributed by atoms with van der Waals surface area (Å²) >= 11 is 6.00. The number of amides is 1. The highest BCUT2D eigenvalue weighted by atomic mass is 35.5. The average molecular weight is 330 g/mol. The molecule has 0 aliphatic heterocycles. The molecule has 2 heterocycles. The smallest absolute Gasteiger partial charge is 0.272 e. The minimum atomic E-state index is -0.449. The molecule has 23 heavy (non-hydrogen) atoms. The minimum Gasteiger partial charge on any atom is -0.336 e. The van der Waals surface area contributed by atoms with Crippen molar-refractivity contribution in [3.8, 4) is 0 Å². The van der Waals surface area contributed by atoms with Gasteiger partial charge in [-0.1, -0.05) is 35.9 Å². The highest BCUT2D eigenvalue weighted by Crippen LogP contribution is 2.18. The largest absolute Gasteiger partial charge is 0.336 e. The second-order valence-electron chi connectivity index (χ2n) is 5.12. The molecule has 0 saturated carbocycles. The van der Waals surface area contributed by atoms with Crippen molar-refractivity contribution >= 4 is 28.4 Å². The summed E-state index contributed by atoms with van der Waals surface area (Å²) in [4.78, 5) is 22.1. The molecular weight excluding hydrogens is 317 g/mol. The molecule has 6 heteroatoms. The van der Waals surface area contributed by atoms with Gasteiger partial charge >= 0.3 is 0 Å². The SMILES string of the molecule is CN(Cc1cccnc1Cl)C(=O)c1ccc2cccc(F)c2n1. The lowest BCUT2D eigenvalue weighted by Gasteiger charge is -2.17. The van der Waals surface area contributed by atoms with E-state index in [0.717, 1.165) is 5.56 Å². The van der Waals surface area contributed by atoms with Gasteiger partial charge in [-0.25, -0.2) is 14.4 Å². The molecule has 3 rings (SSSR count). The number of aromatic nitrogens is 2. The maximum Gasteiger partial charge on any atom is 0.272 e. The van der Waals surface area contributed by atoms with Gasteiger partial charge in [0.1, 0.15) is 22.2 Å². The lowest BCUT2D eigenvalue weighted by atomic mass is 10.2. The zero-order valence-electron chi connectivity index (χ0n) is 12.3. The molecule has 4 nitrogen and oxygen atoms in total. The van der Waals surface area contributed by atoms with Crippen LogP contribution < -0.4 is 0 Å². The second-order valence-corrected chi connectivity index (χ2v) is 5.48. The van der Waals surface area contributed by atoms with Gasteiger partial charge in [0, 0.05) is 30.7 Å². The van der Waals surface area contributed by atoms with E-state index in [2.05, 4.69) is 9.97 Å². The van der Waals surface area contributed by atoms with E-state index in [-0.39, 0.29) is 17.1 Å². The molecule has 0 aliphatic rings. The zero-order chi connectivity index (χ0) is 16.4. The number of nitrogens with zero attached hydrogens (tertiary/aromatic N) is 3. The van der Waals surface area contributed by atoms with Crippen molar-refractivity contribution in [2.24, 2.45) is 0 Å². The van der Waals surface area contributed by atoms with Crippen LogP contribution in [-0.2, 0) is 6.54 Å². The summed E-state index contributed by atoms with van der Waals surface area (Å²) in [7, 11) is 1.64. The molecule has 0 unspecified atom stereocenters. The minimum absolute atomic E-state index is 0.185. The topological polar surface area (TPSA) is 46.1 Å². The first kappa shape index (κ1) is 15.4. The van der Waals surface area contributed by atoms with Crippen LogP contribution in [0, 0.1) is 5.82 Å². The molecule has 0 spiro atoms. The third-order valence-electron chi connectivity index (χ3n) is 3.48. The summed E-state index contributed by atoms with van der Waals surface area (Å²) in [5.41, 5.74) is 1.10. The predicted molar refractivity (Wildman–Crippen MR) is 86.7 cm³/mol. The lowest BCUT2D eigenvalue weighted by Crippen LogP contribution is -2.27. The van der Waals surface area contributed by atoms with E-state index < -0.39 is 5.82 Å². The summed E-state index contributed by atoms with van der Waals surface area (Å²) in [6, 6.07) is 11.5. The van der Waals surface area contributed by atoms with E-state index in [1.54, 1.807) is 49.6 Å². The van der Waals surface area contributed by atoms with Crippen molar-refractivity contribution in [2.75, 3.05) is 7.05 Å². The summed E-state index contributed by atoms with van der Waals surface area (Å²) in [5, 5.41) is 1.00. The molecule has 0 saturated heterocycles. The number of hydrogen-bond acceptors (Lipinski definition) is 3. The Morgan fingerprint density at radius 2 is 2.04 bits per heavy atom. The quantitative estimate of drug-likeness (QED) is 0.688. The number of halogens is 2. The number of pyridine rings is 2. The van der Waals surface area contributed by atoms with Gasteiger partial charge in [0.2, 0.25) is 0 Å². The van der Waals surface area contributed by atoms with Crippen LogP contribution in [0.5, 0.6) is 0 Å². The Kier molecular flexibility index (Phi) is 4.21. The van der Waals surface area contributed by atoms with E-state index in [1.165, 1.54) is 11.0 Å². The van der Waals surface area contributed by atoms with E-state index >= 15 is 0 Å². The first-order valence-electron chi connectivity index (χ1n) is 6.96. The Bertz CT molecular complexity index is 885. The summed E-state index contributed by atoms with van der Waals surface area (Å²) in [6.45, 7) is 0.294. The molecule has 1 aromatic carbocycles. The van der Waals surface area contributed by atoms with Gasteiger partial charge in [0.05, 0.1) is 0 Å². The van der Waals surface area contributed by atoms with E-state index in [1.807, 2.05) is 0 Å². The summed E-state index contributed by atoms with van der Waals surface area (Å²) in [5.74, 6) is -0.759. The van der Waals surface area contributed by atoms with Crippen molar-refractivity contribution < 1.29 is 9.18 Å². The van der Waals surface area contributed by atoms with Crippen LogP contribution in [0.1, 0.15) is 16.1 Å². The first-order valence-corrected chi connectivity index (χ1v) is 7.34. The molecular formula is C17H13ClFN3O. The van der Waals surface area contributed by atoms with Gasteiger partial charge in [-0.15, -0.1) is 0 Å². The van der Waals surface area contributed by atoms with E-state index in [4.69, 9.17) is 11.6 Å². The van der Waals surface area contributed by atoms with Gasteiger partial charge in [-0.2, -0.15) is 0 Å². The Hall–Kier alpha value is -2.53. The average Bonchev–Trinajstić information content (AvgIpc) is 2.56. The fraction of sp³-hybridized carbons (Fsp3) is 0.118. The monoisotopic (exact) mass is 329 g/mol. The standard InChI is InChI=1S/C17H13ClFN3O/c1-22(10-12-5-3-9-20-16(12)18)17(23)14-8-7-11-4-2-6-13(19)15(11)21-14/h2-9H,10H2,1H3. The highest BCUT2D eigenvalue weighted by Gasteiger charge is 2.16. The van der Waals surface area contributed by atoms with Crippen LogP contribution in [0.15, 0.2) is 48.7 Å². The van der Waals surface area contributed by atoms with Gasteiger partial charge < -0.3 is 4.90 Å². The van der Waals surface area contributed by atoms with E-state index in [9.17, 15) is 9.18 Å². The molecule has 0 bridgehead atoms. The maximum atomic E-state index is 13.8. The number of carbonyl (C=O) groups excluding carboxylic acids is 1. The normalized spacial score (nSPS) is 10.7. The number of para-hydroxylation sites is 1. The number of hydrogen-bond donors (Lipinski definition) is 0. The van der Waals surface area contributed by atoms with Crippen molar-refractivity contribution in [3.63, 3.8) is 0 Å². The molecule has 116 valence electrons. The van der Waals surface area contributed by atoms with Gasteiger partial charge in [-0.3, -0.25) is 4.79 Å². The Labute approximate surface area is 137 Å². The fourth-order valence-electron chi connectivity index (χ4n) is 2.29. The molecule has 0 radical (unpaired) electrons. The molecule has 1 amide bonds. The first-order chi connectivity index (χ1) is 11.1. The number of fused-ring (bicyclic) bond motifs is 1. The van der Waals surface area contributed by atoms with Crippen LogP contribution >= 0.6 is 11.6 Å². The van der Waals surface area contributed by atoms with E-state index in [0.29, 0.717) is 17.1 Å². The van der Waals surface area contributed by atoms with Crippen LogP contribution in [0.25, 0.3) is 10.9 Å². The van der Waals surface area contributed by atoms with Crippen LogP contribution in [0.3, 0.4) is 0 Å². The maximum absolute atomic E-state index is 13.8. The van der Waals surface area contributed by atoms with Crippen molar-refractivity contribution in [2.45, 2.75) is 6.54 Å². The zero-order valence-corrected chi connectivity index (χ0v) is 13.1. The Morgan fingerprint density at radius 1 is 1.22 bits per heavy atom. The third kappa shape index (κ3) is 3.14. The van der Waals surface area contributed by atoms with Crippen molar-refractivity contribution in [3.05, 3.63) is 70.9 Å². The van der Waals surface area contributed by atoms with Crippen molar-refractivity contribution in [1.29, 1.82) is 0 Å². The lowest BCUT2D eigenvalue weighted by molar-refractivity contribution is 0.0779. The molecule has 0 fully saturated rings. The Morgan fingerprint density at radius 3 is 2.83 bits per heavy atom. The molecule has 0 atom stereocenters. The molecule has 3 aromatic rings. The third-order valence-corrected chi connectivity index (χ3v) is 3.82. The van der Waals surface area contributed by atoms with Gasteiger partial charge in [0.25, 0.3) is 5.91 Å². The highest BCUT2D eigenvalue weighted by molar-refractivity contribution is 6.30. The van der Waals surface area contributed by atoms with Crippen LogP contribution in [0.4, 0.5) is 4.39 Å². The predicted octanol–water partition coefficient (Wildman–Crippen LogP) is 3.69. The Balaban J connectivity index is 1.88. The number of carbonyl (C=O) groups is 1.